The highest BCUT2D eigenvalue weighted by Gasteiger charge is 2.33. The van der Waals surface area contributed by atoms with E-state index >= 15 is 0 Å². The van der Waals surface area contributed by atoms with Gasteiger partial charge in [0.05, 0.1) is 23.1 Å². The van der Waals surface area contributed by atoms with Crippen LogP contribution in [-0.4, -0.2) is 41.8 Å². The fraction of sp³-hybridized carbons (Fsp3) is 0.562. The van der Waals surface area contributed by atoms with E-state index in [0.29, 0.717) is 24.3 Å². The molecule has 134 valence electrons. The van der Waals surface area contributed by atoms with Gasteiger partial charge in [0.1, 0.15) is 0 Å². The molecule has 8 heteroatoms. The predicted molar refractivity (Wildman–Crippen MR) is 94.7 cm³/mol. The Kier molecular flexibility index (Phi) is 7.64. The van der Waals surface area contributed by atoms with Gasteiger partial charge in [0.2, 0.25) is 10.0 Å². The molecule has 0 amide bonds. The third kappa shape index (κ3) is 4.91. The summed E-state index contributed by atoms with van der Waals surface area (Å²) in [6.07, 6.45) is 1.74. The average molecular weight is 374 g/mol. The zero-order valence-corrected chi connectivity index (χ0v) is 15.6. The van der Waals surface area contributed by atoms with E-state index in [4.69, 9.17) is 10.00 Å². The number of sulfonamides is 1. The van der Waals surface area contributed by atoms with Gasteiger partial charge in [0.15, 0.2) is 0 Å². The lowest BCUT2D eigenvalue weighted by molar-refractivity contribution is 0.0577. The van der Waals surface area contributed by atoms with Crippen LogP contribution in [0.1, 0.15) is 24.0 Å². The Balaban J connectivity index is 0.00000288. The van der Waals surface area contributed by atoms with Crippen molar-refractivity contribution in [3.8, 4) is 6.07 Å². The third-order valence-corrected chi connectivity index (χ3v) is 5.78. The molecule has 1 aromatic rings. The van der Waals surface area contributed by atoms with Crippen LogP contribution in [0, 0.1) is 23.7 Å². The quantitative estimate of drug-likeness (QED) is 0.790. The minimum absolute atomic E-state index is 0. The van der Waals surface area contributed by atoms with E-state index < -0.39 is 10.0 Å². The maximum absolute atomic E-state index is 12.5. The second-order valence-electron chi connectivity index (χ2n) is 6.10. The molecule has 2 N–H and O–H groups in total. The third-order valence-electron chi connectivity index (χ3n) is 4.38. The standard InChI is InChI=1S/C16H23N3O3S.ClH/c1-13-9-15(4-3-14(13)10-17)23(20,21)19-11-16(12-22-2)5-7-18-8-6-16;/h3-4,9,18-19H,5-8,11-12H2,1-2H3;1H. The Labute approximate surface area is 150 Å². The first-order chi connectivity index (χ1) is 10.9. The van der Waals surface area contributed by atoms with Crippen LogP contribution in [0.25, 0.3) is 0 Å². The van der Waals surface area contributed by atoms with Crippen molar-refractivity contribution in [2.45, 2.75) is 24.7 Å². The molecule has 0 radical (unpaired) electrons. The molecule has 1 aliphatic rings. The summed E-state index contributed by atoms with van der Waals surface area (Å²) in [5.41, 5.74) is 0.969. The second-order valence-corrected chi connectivity index (χ2v) is 7.86. The van der Waals surface area contributed by atoms with Crippen molar-refractivity contribution in [2.24, 2.45) is 5.41 Å². The molecular formula is C16H24ClN3O3S. The predicted octanol–water partition coefficient (Wildman–Crippen LogP) is 1.58. The van der Waals surface area contributed by atoms with Crippen molar-refractivity contribution in [2.75, 3.05) is 33.4 Å². The van der Waals surface area contributed by atoms with Crippen LogP contribution in [-0.2, 0) is 14.8 Å². The molecule has 0 unspecified atom stereocenters. The lowest BCUT2D eigenvalue weighted by Gasteiger charge is -2.37. The Morgan fingerprint density at radius 1 is 1.38 bits per heavy atom. The Morgan fingerprint density at radius 2 is 2.04 bits per heavy atom. The van der Waals surface area contributed by atoms with E-state index in [9.17, 15) is 8.42 Å². The van der Waals surface area contributed by atoms with Crippen LogP contribution >= 0.6 is 12.4 Å². The molecule has 1 saturated heterocycles. The smallest absolute Gasteiger partial charge is 0.240 e. The summed E-state index contributed by atoms with van der Waals surface area (Å²) < 4.78 is 33.1. The summed E-state index contributed by atoms with van der Waals surface area (Å²) in [6.45, 7) is 4.34. The van der Waals surface area contributed by atoms with E-state index in [1.165, 1.54) is 12.1 Å². The fourth-order valence-corrected chi connectivity index (χ4v) is 4.14. The average Bonchev–Trinajstić information content (AvgIpc) is 2.54. The van der Waals surface area contributed by atoms with E-state index in [1.807, 2.05) is 6.07 Å². The molecule has 2 rings (SSSR count). The SMILES string of the molecule is COCC1(CNS(=O)(=O)c2ccc(C#N)c(C)c2)CCNCC1.Cl. The van der Waals surface area contributed by atoms with Crippen molar-refractivity contribution >= 4 is 22.4 Å². The summed E-state index contributed by atoms with van der Waals surface area (Å²) in [5, 5.41) is 12.2. The lowest BCUT2D eigenvalue weighted by Crippen LogP contribution is -2.47. The molecule has 0 atom stereocenters. The van der Waals surface area contributed by atoms with Gasteiger partial charge in [-0.15, -0.1) is 12.4 Å². The highest BCUT2D eigenvalue weighted by molar-refractivity contribution is 7.89. The molecule has 1 aromatic carbocycles. The normalized spacial score (nSPS) is 16.9. The van der Waals surface area contributed by atoms with Gasteiger partial charge in [0, 0.05) is 19.1 Å². The number of nitrogens with zero attached hydrogens (tertiary/aromatic N) is 1. The van der Waals surface area contributed by atoms with Gasteiger partial charge >= 0.3 is 0 Å². The van der Waals surface area contributed by atoms with Gasteiger partial charge < -0.3 is 10.1 Å². The van der Waals surface area contributed by atoms with Crippen molar-refractivity contribution < 1.29 is 13.2 Å². The number of rotatable bonds is 6. The van der Waals surface area contributed by atoms with Crippen LogP contribution in [0.15, 0.2) is 23.1 Å². The largest absolute Gasteiger partial charge is 0.384 e. The zero-order chi connectivity index (χ0) is 16.9. The Bertz CT molecular complexity index is 689. The summed E-state index contributed by atoms with van der Waals surface area (Å²) in [5.74, 6) is 0. The molecule has 0 aromatic heterocycles. The number of aryl methyl sites for hydroxylation is 1. The minimum Gasteiger partial charge on any atom is -0.384 e. The number of hydrogen-bond donors (Lipinski definition) is 2. The molecule has 24 heavy (non-hydrogen) atoms. The number of nitrogens with one attached hydrogen (secondary N) is 2. The zero-order valence-electron chi connectivity index (χ0n) is 14.0. The van der Waals surface area contributed by atoms with Crippen LogP contribution < -0.4 is 10.0 Å². The number of hydrogen-bond acceptors (Lipinski definition) is 5. The number of piperidine rings is 1. The number of methoxy groups -OCH3 is 1. The Morgan fingerprint density at radius 3 is 2.58 bits per heavy atom. The Hall–Kier alpha value is -1.17. The van der Waals surface area contributed by atoms with E-state index in [0.717, 1.165) is 25.9 Å². The van der Waals surface area contributed by atoms with Crippen molar-refractivity contribution in [3.05, 3.63) is 29.3 Å². The van der Waals surface area contributed by atoms with Crippen LogP contribution in [0.3, 0.4) is 0 Å². The number of benzene rings is 1. The molecule has 0 saturated carbocycles. The van der Waals surface area contributed by atoms with Gasteiger partial charge in [0.25, 0.3) is 0 Å². The topological polar surface area (TPSA) is 91.2 Å². The summed E-state index contributed by atoms with van der Waals surface area (Å²) in [4.78, 5) is 0.190. The first kappa shape index (κ1) is 20.9. The molecule has 0 spiro atoms. The van der Waals surface area contributed by atoms with Crippen molar-refractivity contribution in [1.82, 2.24) is 10.0 Å². The second kappa shape index (κ2) is 8.79. The summed E-state index contributed by atoms with van der Waals surface area (Å²) >= 11 is 0. The fourth-order valence-electron chi connectivity index (χ4n) is 2.90. The van der Waals surface area contributed by atoms with Gasteiger partial charge in [-0.1, -0.05) is 0 Å². The first-order valence-electron chi connectivity index (χ1n) is 7.63. The highest BCUT2D eigenvalue weighted by atomic mass is 35.5. The minimum atomic E-state index is -3.60. The number of nitriles is 1. The molecule has 1 fully saturated rings. The molecule has 1 aliphatic heterocycles. The van der Waals surface area contributed by atoms with Gasteiger partial charge in [-0.05, 0) is 56.6 Å². The molecule has 0 bridgehead atoms. The van der Waals surface area contributed by atoms with E-state index in [1.54, 1.807) is 20.1 Å². The first-order valence-corrected chi connectivity index (χ1v) is 9.11. The number of ether oxygens (including phenoxy) is 1. The van der Waals surface area contributed by atoms with Gasteiger partial charge in [-0.25, -0.2) is 13.1 Å². The molecular weight excluding hydrogens is 350 g/mol. The number of halogens is 1. The molecule has 0 aliphatic carbocycles. The summed E-state index contributed by atoms with van der Waals surface area (Å²) in [6, 6.07) is 6.59. The molecule has 1 heterocycles. The summed E-state index contributed by atoms with van der Waals surface area (Å²) in [7, 11) is -1.96. The van der Waals surface area contributed by atoms with Crippen LogP contribution in [0.4, 0.5) is 0 Å². The van der Waals surface area contributed by atoms with E-state index in [-0.39, 0.29) is 22.7 Å². The van der Waals surface area contributed by atoms with Crippen LogP contribution in [0.5, 0.6) is 0 Å². The lowest BCUT2D eigenvalue weighted by atomic mass is 9.80. The highest BCUT2D eigenvalue weighted by Crippen LogP contribution is 2.29. The molecule has 6 nitrogen and oxygen atoms in total. The van der Waals surface area contributed by atoms with Crippen molar-refractivity contribution in [1.29, 1.82) is 5.26 Å². The van der Waals surface area contributed by atoms with Gasteiger partial charge in [-0.2, -0.15) is 5.26 Å². The monoisotopic (exact) mass is 373 g/mol. The van der Waals surface area contributed by atoms with Crippen LogP contribution in [0.2, 0.25) is 0 Å². The maximum Gasteiger partial charge on any atom is 0.240 e. The van der Waals surface area contributed by atoms with Crippen molar-refractivity contribution in [3.63, 3.8) is 0 Å². The van der Waals surface area contributed by atoms with E-state index in [2.05, 4.69) is 10.0 Å². The van der Waals surface area contributed by atoms with Gasteiger partial charge in [-0.3, -0.25) is 0 Å². The maximum atomic E-state index is 12.5.